The van der Waals surface area contributed by atoms with E-state index in [4.69, 9.17) is 4.74 Å². The Labute approximate surface area is 118 Å². The van der Waals surface area contributed by atoms with Crippen molar-refractivity contribution in [1.29, 1.82) is 0 Å². The molecule has 98 valence electrons. The third-order valence-corrected chi connectivity index (χ3v) is 3.00. The Kier molecular flexibility index (Phi) is 4.46. The number of pyridine rings is 1. The molecule has 2 rings (SSSR count). The SMILES string of the molecule is O=[N+]([O-])c1ccccc1CCOc1ccc(Br)nc1. The fraction of sp³-hybridized carbons (Fsp3) is 0.154. The van der Waals surface area contributed by atoms with Gasteiger partial charge in [0.1, 0.15) is 10.4 Å². The topological polar surface area (TPSA) is 65.3 Å². The third-order valence-electron chi connectivity index (χ3n) is 2.53. The Morgan fingerprint density at radius 3 is 2.74 bits per heavy atom. The number of aromatic nitrogens is 1. The van der Waals surface area contributed by atoms with Gasteiger partial charge >= 0.3 is 0 Å². The average Bonchev–Trinajstić information content (AvgIpc) is 2.41. The minimum atomic E-state index is -0.378. The molecule has 0 radical (unpaired) electrons. The maximum absolute atomic E-state index is 10.8. The predicted molar refractivity (Wildman–Crippen MR) is 74.2 cm³/mol. The molecule has 19 heavy (non-hydrogen) atoms. The van der Waals surface area contributed by atoms with Crippen LogP contribution in [0.2, 0.25) is 0 Å². The van der Waals surface area contributed by atoms with Gasteiger partial charge < -0.3 is 4.74 Å². The van der Waals surface area contributed by atoms with Gasteiger partial charge in [0.15, 0.2) is 0 Å². The summed E-state index contributed by atoms with van der Waals surface area (Å²) >= 11 is 3.23. The zero-order chi connectivity index (χ0) is 13.7. The Bertz CT molecular complexity index is 572. The number of nitro groups is 1. The molecule has 6 heteroatoms. The highest BCUT2D eigenvalue weighted by Gasteiger charge is 2.11. The minimum absolute atomic E-state index is 0.125. The summed E-state index contributed by atoms with van der Waals surface area (Å²) in [5, 5.41) is 10.8. The summed E-state index contributed by atoms with van der Waals surface area (Å²) in [4.78, 5) is 14.5. The van der Waals surface area contributed by atoms with Crippen molar-refractivity contribution in [3.63, 3.8) is 0 Å². The molecule has 0 fully saturated rings. The van der Waals surface area contributed by atoms with Crippen molar-refractivity contribution in [2.45, 2.75) is 6.42 Å². The Hall–Kier alpha value is -1.95. The van der Waals surface area contributed by atoms with Crippen LogP contribution in [0.1, 0.15) is 5.56 Å². The van der Waals surface area contributed by atoms with Gasteiger partial charge in [0.05, 0.1) is 17.7 Å². The number of hydrogen-bond acceptors (Lipinski definition) is 4. The molecule has 1 heterocycles. The third kappa shape index (κ3) is 3.75. The van der Waals surface area contributed by atoms with E-state index in [9.17, 15) is 10.1 Å². The van der Waals surface area contributed by atoms with Gasteiger partial charge in [0.25, 0.3) is 5.69 Å². The van der Waals surface area contributed by atoms with E-state index in [0.717, 1.165) is 4.60 Å². The van der Waals surface area contributed by atoms with Gasteiger partial charge in [-0.15, -0.1) is 0 Å². The van der Waals surface area contributed by atoms with Crippen molar-refractivity contribution < 1.29 is 9.66 Å². The lowest BCUT2D eigenvalue weighted by molar-refractivity contribution is -0.385. The van der Waals surface area contributed by atoms with Crippen molar-refractivity contribution in [2.24, 2.45) is 0 Å². The molecular formula is C13H11BrN2O3. The first-order valence-corrected chi connectivity index (χ1v) is 6.43. The van der Waals surface area contributed by atoms with Crippen molar-refractivity contribution >= 4 is 21.6 Å². The number of nitro benzene ring substituents is 1. The van der Waals surface area contributed by atoms with E-state index in [-0.39, 0.29) is 10.6 Å². The normalized spacial score (nSPS) is 10.2. The molecule has 0 atom stereocenters. The smallest absolute Gasteiger partial charge is 0.272 e. The van der Waals surface area contributed by atoms with Crippen LogP contribution in [0.25, 0.3) is 0 Å². The van der Waals surface area contributed by atoms with Gasteiger partial charge in [0.2, 0.25) is 0 Å². The first-order chi connectivity index (χ1) is 9.16. The molecule has 0 aliphatic carbocycles. The highest BCUT2D eigenvalue weighted by atomic mass is 79.9. The molecule has 0 aliphatic rings. The molecule has 0 spiro atoms. The number of benzene rings is 1. The summed E-state index contributed by atoms with van der Waals surface area (Å²) < 4.78 is 6.23. The molecular weight excluding hydrogens is 312 g/mol. The van der Waals surface area contributed by atoms with E-state index in [1.165, 1.54) is 6.07 Å². The maximum atomic E-state index is 10.8. The fourth-order valence-corrected chi connectivity index (χ4v) is 1.86. The maximum Gasteiger partial charge on any atom is 0.272 e. The molecule has 1 aromatic heterocycles. The summed E-state index contributed by atoms with van der Waals surface area (Å²) in [6.45, 7) is 0.369. The van der Waals surface area contributed by atoms with E-state index in [0.29, 0.717) is 24.3 Å². The van der Waals surface area contributed by atoms with Crippen LogP contribution in [0.4, 0.5) is 5.69 Å². The zero-order valence-corrected chi connectivity index (χ0v) is 11.5. The van der Waals surface area contributed by atoms with E-state index in [2.05, 4.69) is 20.9 Å². The lowest BCUT2D eigenvalue weighted by Gasteiger charge is -2.06. The molecule has 1 aromatic carbocycles. The molecule has 0 aliphatic heterocycles. The summed E-state index contributed by atoms with van der Waals surface area (Å²) in [5.74, 6) is 0.641. The first-order valence-electron chi connectivity index (χ1n) is 5.63. The summed E-state index contributed by atoms with van der Waals surface area (Å²) in [5.41, 5.74) is 0.789. The second-order valence-electron chi connectivity index (χ2n) is 3.80. The standard InChI is InChI=1S/C13H11BrN2O3/c14-13-6-5-11(9-15-13)19-8-7-10-3-1-2-4-12(10)16(17)18/h1-6,9H,7-8H2. The summed E-state index contributed by atoms with van der Waals surface area (Å²) in [6.07, 6.45) is 2.08. The fourth-order valence-electron chi connectivity index (χ4n) is 1.63. The van der Waals surface area contributed by atoms with E-state index in [1.54, 1.807) is 36.5 Å². The van der Waals surface area contributed by atoms with Crippen LogP contribution in [-0.4, -0.2) is 16.5 Å². The molecule has 0 unspecified atom stereocenters. The van der Waals surface area contributed by atoms with Gasteiger partial charge in [-0.2, -0.15) is 0 Å². The largest absolute Gasteiger partial charge is 0.492 e. The van der Waals surface area contributed by atoms with Gasteiger partial charge in [0, 0.05) is 18.1 Å². The van der Waals surface area contributed by atoms with Crippen LogP contribution in [0.5, 0.6) is 5.75 Å². The highest BCUT2D eigenvalue weighted by molar-refractivity contribution is 9.10. The average molecular weight is 323 g/mol. The lowest BCUT2D eigenvalue weighted by atomic mass is 10.1. The monoisotopic (exact) mass is 322 g/mol. The molecule has 0 bridgehead atoms. The van der Waals surface area contributed by atoms with Crippen LogP contribution in [0, 0.1) is 10.1 Å². The Balaban J connectivity index is 1.96. The van der Waals surface area contributed by atoms with Gasteiger partial charge in [-0.25, -0.2) is 4.98 Å². The Morgan fingerprint density at radius 2 is 2.05 bits per heavy atom. The van der Waals surface area contributed by atoms with Gasteiger partial charge in [-0.3, -0.25) is 10.1 Å². The lowest BCUT2D eigenvalue weighted by Crippen LogP contribution is -2.04. The number of ether oxygens (including phenoxy) is 1. The van der Waals surface area contributed by atoms with Gasteiger partial charge in [-0.1, -0.05) is 18.2 Å². The van der Waals surface area contributed by atoms with Crippen LogP contribution < -0.4 is 4.74 Å². The number of rotatable bonds is 5. The quantitative estimate of drug-likeness (QED) is 0.481. The second-order valence-corrected chi connectivity index (χ2v) is 4.61. The number of hydrogen-bond donors (Lipinski definition) is 0. The summed E-state index contributed by atoms with van der Waals surface area (Å²) in [7, 11) is 0. The molecule has 0 N–H and O–H groups in total. The molecule has 2 aromatic rings. The highest BCUT2D eigenvalue weighted by Crippen LogP contribution is 2.19. The van der Waals surface area contributed by atoms with Crippen molar-refractivity contribution in [2.75, 3.05) is 6.61 Å². The van der Waals surface area contributed by atoms with Crippen LogP contribution in [0.3, 0.4) is 0 Å². The predicted octanol–water partition coefficient (Wildman–Crippen LogP) is 3.37. The number of nitrogens with zero attached hydrogens (tertiary/aromatic N) is 2. The minimum Gasteiger partial charge on any atom is -0.492 e. The zero-order valence-electron chi connectivity index (χ0n) is 9.95. The second kappa shape index (κ2) is 6.29. The Morgan fingerprint density at radius 1 is 1.26 bits per heavy atom. The molecule has 0 saturated heterocycles. The molecule has 0 amide bonds. The number of para-hydroxylation sites is 1. The van der Waals surface area contributed by atoms with E-state index >= 15 is 0 Å². The van der Waals surface area contributed by atoms with Crippen LogP contribution in [-0.2, 0) is 6.42 Å². The van der Waals surface area contributed by atoms with Crippen molar-refractivity contribution in [3.8, 4) is 5.75 Å². The van der Waals surface area contributed by atoms with E-state index < -0.39 is 0 Å². The van der Waals surface area contributed by atoms with Crippen LogP contribution in [0.15, 0.2) is 47.2 Å². The van der Waals surface area contributed by atoms with E-state index in [1.807, 2.05) is 0 Å². The number of halogens is 1. The van der Waals surface area contributed by atoms with Crippen molar-refractivity contribution in [3.05, 3.63) is 62.9 Å². The summed E-state index contributed by atoms with van der Waals surface area (Å²) in [6, 6.07) is 10.2. The molecule has 5 nitrogen and oxygen atoms in total. The molecule has 0 saturated carbocycles. The van der Waals surface area contributed by atoms with Crippen molar-refractivity contribution in [1.82, 2.24) is 4.98 Å². The van der Waals surface area contributed by atoms with Crippen LogP contribution >= 0.6 is 15.9 Å². The van der Waals surface area contributed by atoms with Gasteiger partial charge in [-0.05, 0) is 28.1 Å². The first kappa shape index (κ1) is 13.5.